The van der Waals surface area contributed by atoms with E-state index in [1.807, 2.05) is 6.07 Å². The van der Waals surface area contributed by atoms with E-state index in [0.717, 1.165) is 57.9 Å². The van der Waals surface area contributed by atoms with Crippen LogP contribution >= 0.6 is 0 Å². The van der Waals surface area contributed by atoms with Gasteiger partial charge in [0.2, 0.25) is 5.95 Å². The fourth-order valence-corrected chi connectivity index (χ4v) is 3.64. The predicted octanol–water partition coefficient (Wildman–Crippen LogP) is 3.24. The Balaban J connectivity index is 1.23. The van der Waals surface area contributed by atoms with Crippen LogP contribution in [0.5, 0.6) is 0 Å². The van der Waals surface area contributed by atoms with Crippen molar-refractivity contribution in [3.8, 4) is 0 Å². The molecule has 1 saturated heterocycles. The Morgan fingerprint density at radius 1 is 0.828 bits per heavy atom. The Morgan fingerprint density at radius 3 is 2.24 bits per heavy atom. The molecule has 0 bridgehead atoms. The molecule has 0 aliphatic carbocycles. The van der Waals surface area contributed by atoms with Crippen molar-refractivity contribution in [2.24, 2.45) is 0 Å². The topological polar surface area (TPSA) is 57.2 Å². The normalized spacial score (nSPS) is 14.7. The summed E-state index contributed by atoms with van der Waals surface area (Å²) < 4.78 is 0. The van der Waals surface area contributed by atoms with Crippen molar-refractivity contribution in [1.82, 2.24) is 20.1 Å². The number of anilines is 2. The molecule has 0 atom stereocenters. The van der Waals surface area contributed by atoms with Crippen molar-refractivity contribution in [3.63, 3.8) is 0 Å². The second kappa shape index (κ2) is 9.98. The molecule has 29 heavy (non-hydrogen) atoms. The number of benzene rings is 2. The van der Waals surface area contributed by atoms with Crippen LogP contribution in [0.3, 0.4) is 0 Å². The molecule has 150 valence electrons. The molecule has 1 aromatic heterocycles. The molecule has 1 fully saturated rings. The van der Waals surface area contributed by atoms with Crippen molar-refractivity contribution >= 4 is 11.8 Å². The zero-order valence-electron chi connectivity index (χ0n) is 16.7. The van der Waals surface area contributed by atoms with Gasteiger partial charge in [-0.3, -0.25) is 4.90 Å². The summed E-state index contributed by atoms with van der Waals surface area (Å²) in [5, 5.41) is 11.6. The molecule has 0 unspecified atom stereocenters. The third kappa shape index (κ3) is 5.74. The summed E-state index contributed by atoms with van der Waals surface area (Å²) in [5.74, 6) is 1.52. The van der Waals surface area contributed by atoms with Crippen molar-refractivity contribution < 1.29 is 0 Å². The SMILES string of the molecule is c1ccc(CCCNc2nncc(N3CCN(Cc4ccccc4)CC3)n2)cc1. The van der Waals surface area contributed by atoms with Gasteiger partial charge in [0.1, 0.15) is 0 Å². The maximum absolute atomic E-state index is 4.67. The van der Waals surface area contributed by atoms with Gasteiger partial charge in [-0.1, -0.05) is 60.7 Å². The Hall–Kier alpha value is -2.99. The lowest BCUT2D eigenvalue weighted by Crippen LogP contribution is -2.46. The number of aromatic nitrogens is 3. The number of hydrogen-bond acceptors (Lipinski definition) is 6. The highest BCUT2D eigenvalue weighted by Gasteiger charge is 2.18. The summed E-state index contributed by atoms with van der Waals surface area (Å²) in [6.07, 6.45) is 3.85. The molecule has 4 rings (SSSR count). The maximum Gasteiger partial charge on any atom is 0.244 e. The lowest BCUT2D eigenvalue weighted by atomic mass is 10.1. The second-order valence-electron chi connectivity index (χ2n) is 7.40. The average Bonchev–Trinajstić information content (AvgIpc) is 2.79. The van der Waals surface area contributed by atoms with Crippen molar-refractivity contribution in [1.29, 1.82) is 0 Å². The first-order valence-corrected chi connectivity index (χ1v) is 10.4. The van der Waals surface area contributed by atoms with Crippen molar-refractivity contribution in [2.75, 3.05) is 42.9 Å². The average molecular weight is 389 g/mol. The lowest BCUT2D eigenvalue weighted by Gasteiger charge is -2.35. The minimum atomic E-state index is 0.613. The lowest BCUT2D eigenvalue weighted by molar-refractivity contribution is 0.249. The van der Waals surface area contributed by atoms with Gasteiger partial charge in [0.25, 0.3) is 0 Å². The van der Waals surface area contributed by atoms with E-state index < -0.39 is 0 Å². The van der Waals surface area contributed by atoms with Crippen LogP contribution in [0, 0.1) is 0 Å². The fourth-order valence-electron chi connectivity index (χ4n) is 3.64. The minimum absolute atomic E-state index is 0.613. The van der Waals surface area contributed by atoms with E-state index in [0.29, 0.717) is 5.95 Å². The molecular weight excluding hydrogens is 360 g/mol. The van der Waals surface area contributed by atoms with E-state index in [1.54, 1.807) is 6.20 Å². The molecule has 1 aliphatic heterocycles. The highest BCUT2D eigenvalue weighted by atomic mass is 15.3. The molecule has 1 aliphatic rings. The molecule has 6 nitrogen and oxygen atoms in total. The zero-order chi connectivity index (χ0) is 19.7. The van der Waals surface area contributed by atoms with Gasteiger partial charge in [0.05, 0.1) is 6.20 Å². The van der Waals surface area contributed by atoms with Crippen LogP contribution in [0.1, 0.15) is 17.5 Å². The third-order valence-corrected chi connectivity index (χ3v) is 5.26. The molecule has 1 N–H and O–H groups in total. The van der Waals surface area contributed by atoms with Gasteiger partial charge in [-0.25, -0.2) is 0 Å². The van der Waals surface area contributed by atoms with E-state index in [2.05, 4.69) is 84.9 Å². The highest BCUT2D eigenvalue weighted by molar-refractivity contribution is 5.40. The Bertz CT molecular complexity index is 863. The van der Waals surface area contributed by atoms with Gasteiger partial charge in [-0.15, -0.1) is 5.10 Å². The first-order valence-electron chi connectivity index (χ1n) is 10.4. The van der Waals surface area contributed by atoms with Gasteiger partial charge in [-0.2, -0.15) is 10.1 Å². The molecule has 0 amide bonds. The molecule has 0 saturated carbocycles. The van der Waals surface area contributed by atoms with Crippen molar-refractivity contribution in [2.45, 2.75) is 19.4 Å². The monoisotopic (exact) mass is 388 g/mol. The third-order valence-electron chi connectivity index (χ3n) is 5.26. The van der Waals surface area contributed by atoms with Gasteiger partial charge >= 0.3 is 0 Å². The minimum Gasteiger partial charge on any atom is -0.353 e. The quantitative estimate of drug-likeness (QED) is 0.598. The van der Waals surface area contributed by atoms with Gasteiger partial charge < -0.3 is 10.2 Å². The van der Waals surface area contributed by atoms with E-state index in [9.17, 15) is 0 Å². The molecule has 6 heteroatoms. The Morgan fingerprint density at radius 2 is 1.52 bits per heavy atom. The molecular formula is C23H28N6. The summed E-state index contributed by atoms with van der Waals surface area (Å²) in [7, 11) is 0. The second-order valence-corrected chi connectivity index (χ2v) is 7.40. The van der Waals surface area contributed by atoms with Crippen LogP contribution in [0.2, 0.25) is 0 Å². The standard InChI is InChI=1S/C23H28N6/c1-3-8-20(9-4-1)12-7-13-24-23-26-22(18-25-27-23)29-16-14-28(15-17-29)19-21-10-5-2-6-11-21/h1-6,8-11,18H,7,12-17,19H2,(H,24,26,27). The number of rotatable bonds is 8. The largest absolute Gasteiger partial charge is 0.353 e. The molecule has 0 radical (unpaired) electrons. The molecule has 3 aromatic rings. The van der Waals surface area contributed by atoms with Gasteiger partial charge in [0.15, 0.2) is 5.82 Å². The summed E-state index contributed by atoms with van der Waals surface area (Å²) >= 11 is 0. The smallest absolute Gasteiger partial charge is 0.244 e. The molecule has 2 heterocycles. The van der Waals surface area contributed by atoms with Crippen LogP contribution in [0.15, 0.2) is 66.9 Å². The van der Waals surface area contributed by atoms with Crippen LogP contribution < -0.4 is 10.2 Å². The van der Waals surface area contributed by atoms with Gasteiger partial charge in [0, 0.05) is 39.3 Å². The summed E-state index contributed by atoms with van der Waals surface area (Å²) in [6, 6.07) is 21.2. The van der Waals surface area contributed by atoms with Crippen molar-refractivity contribution in [3.05, 3.63) is 78.0 Å². The number of nitrogens with zero attached hydrogens (tertiary/aromatic N) is 5. The Kier molecular flexibility index (Phi) is 6.65. The van der Waals surface area contributed by atoms with Gasteiger partial charge in [-0.05, 0) is 24.0 Å². The maximum atomic E-state index is 4.67. The van der Waals surface area contributed by atoms with E-state index in [4.69, 9.17) is 0 Å². The summed E-state index contributed by atoms with van der Waals surface area (Å²) in [6.45, 7) is 5.81. The zero-order valence-corrected chi connectivity index (χ0v) is 16.7. The first-order chi connectivity index (χ1) is 14.4. The van der Waals surface area contributed by atoms with E-state index in [-0.39, 0.29) is 0 Å². The van der Waals surface area contributed by atoms with E-state index >= 15 is 0 Å². The number of piperazine rings is 1. The van der Waals surface area contributed by atoms with E-state index in [1.165, 1.54) is 11.1 Å². The van der Waals surface area contributed by atoms with Crippen LogP contribution in [0.4, 0.5) is 11.8 Å². The molecule has 2 aromatic carbocycles. The number of aryl methyl sites for hydroxylation is 1. The van der Waals surface area contributed by atoms with Crippen LogP contribution in [0.25, 0.3) is 0 Å². The van der Waals surface area contributed by atoms with Crippen LogP contribution in [-0.4, -0.2) is 52.8 Å². The van der Waals surface area contributed by atoms with Crippen LogP contribution in [-0.2, 0) is 13.0 Å². The first kappa shape index (κ1) is 19.3. The summed E-state index contributed by atoms with van der Waals surface area (Å²) in [5.41, 5.74) is 2.72. The number of hydrogen-bond donors (Lipinski definition) is 1. The highest BCUT2D eigenvalue weighted by Crippen LogP contribution is 2.15. The summed E-state index contributed by atoms with van der Waals surface area (Å²) in [4.78, 5) is 9.46. The number of nitrogens with one attached hydrogen (secondary N) is 1. The fraction of sp³-hybridized carbons (Fsp3) is 0.348. The Labute approximate surface area is 172 Å². The molecule has 0 spiro atoms. The predicted molar refractivity (Wildman–Crippen MR) is 117 cm³/mol.